The number of hydrogen-bond acceptors (Lipinski definition) is 7. The fraction of sp³-hybridized carbons (Fsp3) is 0.400. The molecule has 0 aromatic carbocycles. The Morgan fingerprint density at radius 1 is 1.04 bits per heavy atom. The molecule has 3 heterocycles. The maximum absolute atomic E-state index is 12.4. The SMILES string of the molecule is O=S(=O)(CCNc1cnccn1)N1CCN(c2ccccn2)CC1. The summed E-state index contributed by atoms with van der Waals surface area (Å²) < 4.78 is 26.4. The second-order valence-corrected chi connectivity index (χ2v) is 7.50. The zero-order valence-corrected chi connectivity index (χ0v) is 14.1. The molecule has 2 aromatic rings. The van der Waals surface area contributed by atoms with Crippen molar-refractivity contribution in [3.05, 3.63) is 43.0 Å². The monoisotopic (exact) mass is 348 g/mol. The highest BCUT2D eigenvalue weighted by molar-refractivity contribution is 7.89. The molecule has 1 fully saturated rings. The molecule has 1 saturated heterocycles. The fourth-order valence-corrected chi connectivity index (χ4v) is 3.90. The highest BCUT2D eigenvalue weighted by Gasteiger charge is 2.26. The summed E-state index contributed by atoms with van der Waals surface area (Å²) in [6.07, 6.45) is 6.45. The second-order valence-electron chi connectivity index (χ2n) is 5.41. The lowest BCUT2D eigenvalue weighted by Crippen LogP contribution is -2.50. The topological polar surface area (TPSA) is 91.3 Å². The van der Waals surface area contributed by atoms with Crippen LogP contribution < -0.4 is 10.2 Å². The van der Waals surface area contributed by atoms with Crippen molar-refractivity contribution in [2.24, 2.45) is 0 Å². The molecular formula is C15H20N6O2S. The van der Waals surface area contributed by atoms with E-state index in [1.165, 1.54) is 0 Å². The number of nitrogens with zero attached hydrogens (tertiary/aromatic N) is 5. The standard InChI is InChI=1S/C15H20N6O2S/c22-24(23,12-7-18-14-13-16-5-6-17-14)21-10-8-20(9-11-21)15-3-1-2-4-19-15/h1-6,13H,7-12H2,(H,17,18). The van der Waals surface area contributed by atoms with Crippen molar-refractivity contribution in [2.75, 3.05) is 48.7 Å². The lowest BCUT2D eigenvalue weighted by molar-refractivity contribution is 0.384. The Bertz CT molecular complexity index is 733. The predicted octanol–water partition coefficient (Wildman–Crippen LogP) is 0.435. The van der Waals surface area contributed by atoms with Gasteiger partial charge in [0, 0.05) is 51.3 Å². The Balaban J connectivity index is 1.49. The number of sulfonamides is 1. The molecule has 1 aliphatic rings. The average molecular weight is 348 g/mol. The van der Waals surface area contributed by atoms with Gasteiger partial charge in [0.1, 0.15) is 11.6 Å². The number of anilines is 2. The van der Waals surface area contributed by atoms with Gasteiger partial charge in [-0.1, -0.05) is 6.07 Å². The fourth-order valence-electron chi connectivity index (χ4n) is 2.56. The minimum absolute atomic E-state index is 0.0349. The summed E-state index contributed by atoms with van der Waals surface area (Å²) in [6.45, 7) is 2.55. The van der Waals surface area contributed by atoms with E-state index in [0.717, 1.165) is 5.82 Å². The van der Waals surface area contributed by atoms with Gasteiger partial charge < -0.3 is 10.2 Å². The molecule has 0 atom stereocenters. The summed E-state index contributed by atoms with van der Waals surface area (Å²) >= 11 is 0. The zero-order valence-electron chi connectivity index (χ0n) is 13.2. The molecule has 0 bridgehead atoms. The van der Waals surface area contributed by atoms with Crippen LogP contribution in [0, 0.1) is 0 Å². The Kier molecular flexibility index (Phi) is 5.21. The van der Waals surface area contributed by atoms with E-state index in [0.29, 0.717) is 38.5 Å². The first-order chi connectivity index (χ1) is 11.6. The predicted molar refractivity (Wildman–Crippen MR) is 92.3 cm³/mol. The molecule has 2 aromatic heterocycles. The van der Waals surface area contributed by atoms with Crippen LogP contribution in [0.25, 0.3) is 0 Å². The van der Waals surface area contributed by atoms with Crippen LogP contribution in [0.4, 0.5) is 11.6 Å². The van der Waals surface area contributed by atoms with Gasteiger partial charge in [-0.15, -0.1) is 0 Å². The Hall–Kier alpha value is -2.26. The van der Waals surface area contributed by atoms with Gasteiger partial charge in [-0.3, -0.25) is 4.98 Å². The molecule has 0 radical (unpaired) electrons. The van der Waals surface area contributed by atoms with E-state index >= 15 is 0 Å². The van der Waals surface area contributed by atoms with Crippen LogP contribution in [-0.2, 0) is 10.0 Å². The average Bonchev–Trinajstić information content (AvgIpc) is 2.63. The molecule has 0 unspecified atom stereocenters. The van der Waals surface area contributed by atoms with Crippen LogP contribution in [0.3, 0.4) is 0 Å². The van der Waals surface area contributed by atoms with Crippen molar-refractivity contribution in [3.8, 4) is 0 Å². The molecule has 0 aliphatic carbocycles. The molecule has 0 spiro atoms. The van der Waals surface area contributed by atoms with Crippen LogP contribution in [0.5, 0.6) is 0 Å². The van der Waals surface area contributed by atoms with Gasteiger partial charge in [0.15, 0.2) is 0 Å². The third kappa shape index (κ3) is 4.18. The van der Waals surface area contributed by atoms with Crippen LogP contribution in [0.2, 0.25) is 0 Å². The number of hydrogen-bond donors (Lipinski definition) is 1. The number of rotatable bonds is 6. The van der Waals surface area contributed by atoms with Crippen LogP contribution >= 0.6 is 0 Å². The summed E-state index contributed by atoms with van der Waals surface area (Å²) in [4.78, 5) is 14.4. The molecule has 8 nitrogen and oxygen atoms in total. The van der Waals surface area contributed by atoms with E-state index < -0.39 is 10.0 Å². The maximum atomic E-state index is 12.4. The maximum Gasteiger partial charge on any atom is 0.215 e. The van der Waals surface area contributed by atoms with Gasteiger partial charge in [-0.25, -0.2) is 18.4 Å². The molecule has 24 heavy (non-hydrogen) atoms. The smallest absolute Gasteiger partial charge is 0.215 e. The van der Waals surface area contributed by atoms with Gasteiger partial charge in [0.05, 0.1) is 11.9 Å². The summed E-state index contributed by atoms with van der Waals surface area (Å²) in [6, 6.07) is 5.74. The van der Waals surface area contributed by atoms with E-state index in [1.807, 2.05) is 18.2 Å². The first-order valence-electron chi connectivity index (χ1n) is 7.79. The van der Waals surface area contributed by atoms with E-state index in [9.17, 15) is 8.42 Å². The number of pyridine rings is 1. The third-order valence-electron chi connectivity index (χ3n) is 3.83. The van der Waals surface area contributed by atoms with Gasteiger partial charge in [0.25, 0.3) is 0 Å². The first kappa shape index (κ1) is 16.6. The summed E-state index contributed by atoms with van der Waals surface area (Å²) in [5.41, 5.74) is 0. The van der Waals surface area contributed by atoms with E-state index in [2.05, 4.69) is 25.2 Å². The lowest BCUT2D eigenvalue weighted by atomic mass is 10.3. The highest BCUT2D eigenvalue weighted by Crippen LogP contribution is 2.14. The van der Waals surface area contributed by atoms with E-state index in [-0.39, 0.29) is 5.75 Å². The van der Waals surface area contributed by atoms with Crippen LogP contribution in [0.1, 0.15) is 0 Å². The van der Waals surface area contributed by atoms with Gasteiger partial charge in [0.2, 0.25) is 10.0 Å². The molecule has 1 N–H and O–H groups in total. The molecule has 0 amide bonds. The number of nitrogens with one attached hydrogen (secondary N) is 1. The van der Waals surface area contributed by atoms with Gasteiger partial charge in [-0.05, 0) is 12.1 Å². The van der Waals surface area contributed by atoms with Crippen molar-refractivity contribution < 1.29 is 8.42 Å². The van der Waals surface area contributed by atoms with E-state index in [1.54, 1.807) is 29.1 Å². The van der Waals surface area contributed by atoms with Crippen LogP contribution in [0.15, 0.2) is 43.0 Å². The van der Waals surface area contributed by atoms with Crippen molar-refractivity contribution in [1.82, 2.24) is 19.3 Å². The molecular weight excluding hydrogens is 328 g/mol. The molecule has 0 saturated carbocycles. The minimum Gasteiger partial charge on any atom is -0.368 e. The number of piperazine rings is 1. The summed E-state index contributed by atoms with van der Waals surface area (Å²) in [5, 5.41) is 2.97. The molecule has 128 valence electrons. The second kappa shape index (κ2) is 7.54. The lowest BCUT2D eigenvalue weighted by Gasteiger charge is -2.34. The third-order valence-corrected chi connectivity index (χ3v) is 5.71. The van der Waals surface area contributed by atoms with Gasteiger partial charge >= 0.3 is 0 Å². The van der Waals surface area contributed by atoms with Gasteiger partial charge in [-0.2, -0.15) is 4.31 Å². The summed E-state index contributed by atoms with van der Waals surface area (Å²) in [7, 11) is -3.28. The largest absolute Gasteiger partial charge is 0.368 e. The Labute approximate surface area is 141 Å². The zero-order chi connectivity index (χ0) is 16.8. The number of aromatic nitrogens is 3. The van der Waals surface area contributed by atoms with Crippen molar-refractivity contribution in [1.29, 1.82) is 0 Å². The van der Waals surface area contributed by atoms with E-state index in [4.69, 9.17) is 0 Å². The van der Waals surface area contributed by atoms with Crippen molar-refractivity contribution in [3.63, 3.8) is 0 Å². The minimum atomic E-state index is -3.28. The Morgan fingerprint density at radius 3 is 2.54 bits per heavy atom. The quantitative estimate of drug-likeness (QED) is 0.810. The Morgan fingerprint density at radius 2 is 1.88 bits per heavy atom. The van der Waals surface area contributed by atoms with Crippen molar-refractivity contribution >= 4 is 21.7 Å². The first-order valence-corrected chi connectivity index (χ1v) is 9.40. The molecule has 1 aliphatic heterocycles. The summed E-state index contributed by atoms with van der Waals surface area (Å²) in [5.74, 6) is 1.50. The highest BCUT2D eigenvalue weighted by atomic mass is 32.2. The molecule has 9 heteroatoms. The van der Waals surface area contributed by atoms with Crippen molar-refractivity contribution in [2.45, 2.75) is 0 Å². The van der Waals surface area contributed by atoms with Crippen LogP contribution in [-0.4, -0.2) is 66.2 Å². The molecule has 3 rings (SSSR count). The normalized spacial score (nSPS) is 16.1.